The molecule has 1 fully saturated rings. The molecule has 0 saturated heterocycles. The molecule has 15 heavy (non-hydrogen) atoms. The first kappa shape index (κ1) is 10.6. The Morgan fingerprint density at radius 2 is 2.33 bits per heavy atom. The van der Waals surface area contributed by atoms with E-state index in [-0.39, 0.29) is 0 Å². The van der Waals surface area contributed by atoms with Crippen molar-refractivity contribution in [3.63, 3.8) is 0 Å². The predicted molar refractivity (Wildman–Crippen MR) is 60.4 cm³/mol. The fourth-order valence-corrected chi connectivity index (χ4v) is 1.92. The van der Waals surface area contributed by atoms with Crippen molar-refractivity contribution < 1.29 is 0 Å². The lowest BCUT2D eigenvalue weighted by atomic mass is 9.83. The molecule has 0 aliphatic heterocycles. The molecule has 1 unspecified atom stereocenters. The van der Waals surface area contributed by atoms with Gasteiger partial charge in [0.1, 0.15) is 0 Å². The van der Waals surface area contributed by atoms with Crippen LogP contribution in [0, 0.1) is 5.92 Å². The third-order valence-electron chi connectivity index (χ3n) is 3.25. The highest BCUT2D eigenvalue weighted by atomic mass is 14.9. The number of rotatable bonds is 5. The van der Waals surface area contributed by atoms with E-state index in [0.29, 0.717) is 6.04 Å². The summed E-state index contributed by atoms with van der Waals surface area (Å²) < 4.78 is 0. The van der Waals surface area contributed by atoms with Crippen molar-refractivity contribution in [2.75, 3.05) is 6.54 Å². The van der Waals surface area contributed by atoms with Gasteiger partial charge in [-0.15, -0.1) is 0 Å². The van der Waals surface area contributed by atoms with Crippen LogP contribution in [0.1, 0.15) is 44.3 Å². The average Bonchev–Trinajstić information content (AvgIpc) is 2.23. The second-order valence-corrected chi connectivity index (χ2v) is 4.39. The fourth-order valence-electron chi connectivity index (χ4n) is 1.92. The van der Waals surface area contributed by atoms with Gasteiger partial charge in [0.25, 0.3) is 0 Å². The van der Waals surface area contributed by atoms with Crippen LogP contribution in [-0.2, 0) is 0 Å². The molecular formula is C12H19N3. The molecule has 1 saturated carbocycles. The van der Waals surface area contributed by atoms with Crippen LogP contribution < -0.4 is 5.32 Å². The number of aromatic nitrogens is 2. The number of nitrogens with one attached hydrogen (secondary N) is 1. The van der Waals surface area contributed by atoms with E-state index in [9.17, 15) is 0 Å². The summed E-state index contributed by atoms with van der Waals surface area (Å²) in [5.74, 6) is 0.978. The molecule has 1 aliphatic rings. The lowest BCUT2D eigenvalue weighted by Crippen LogP contribution is -2.24. The molecule has 1 N–H and O–H groups in total. The van der Waals surface area contributed by atoms with Gasteiger partial charge in [0.05, 0.1) is 5.69 Å². The Morgan fingerprint density at radius 1 is 1.47 bits per heavy atom. The van der Waals surface area contributed by atoms with E-state index in [4.69, 9.17) is 0 Å². The second kappa shape index (κ2) is 5.21. The van der Waals surface area contributed by atoms with Crippen molar-refractivity contribution in [1.29, 1.82) is 0 Å². The number of nitrogens with zero attached hydrogens (tertiary/aromatic N) is 2. The smallest absolute Gasteiger partial charge is 0.0753 e. The molecule has 0 bridgehead atoms. The largest absolute Gasteiger partial charge is 0.309 e. The van der Waals surface area contributed by atoms with Gasteiger partial charge in [-0.1, -0.05) is 19.3 Å². The zero-order valence-electron chi connectivity index (χ0n) is 9.32. The Morgan fingerprint density at radius 3 is 2.93 bits per heavy atom. The van der Waals surface area contributed by atoms with Gasteiger partial charge in [-0.05, 0) is 25.8 Å². The van der Waals surface area contributed by atoms with Crippen LogP contribution in [0.15, 0.2) is 18.6 Å². The Bertz CT molecular complexity index is 282. The minimum atomic E-state index is 0.318. The van der Waals surface area contributed by atoms with Gasteiger partial charge >= 0.3 is 0 Å². The standard InChI is InChI=1S/C12H19N3/c1-10(12-9-13-7-8-15-12)14-6-5-11-3-2-4-11/h7-11,14H,2-6H2,1H3. The molecule has 1 aromatic heterocycles. The van der Waals surface area contributed by atoms with Crippen molar-refractivity contribution in [2.45, 2.75) is 38.6 Å². The maximum absolute atomic E-state index is 4.29. The van der Waals surface area contributed by atoms with Gasteiger partial charge in [0.15, 0.2) is 0 Å². The molecule has 0 spiro atoms. The molecule has 1 heterocycles. The van der Waals surface area contributed by atoms with Gasteiger partial charge in [0, 0.05) is 24.6 Å². The van der Waals surface area contributed by atoms with Crippen molar-refractivity contribution in [2.24, 2.45) is 5.92 Å². The zero-order valence-corrected chi connectivity index (χ0v) is 9.32. The summed E-state index contributed by atoms with van der Waals surface area (Å²) in [7, 11) is 0. The summed E-state index contributed by atoms with van der Waals surface area (Å²) in [6, 6.07) is 0.318. The molecule has 0 radical (unpaired) electrons. The topological polar surface area (TPSA) is 37.8 Å². The van der Waals surface area contributed by atoms with Crippen molar-refractivity contribution in [3.8, 4) is 0 Å². The summed E-state index contributed by atoms with van der Waals surface area (Å²) in [6.07, 6.45) is 10.9. The molecule has 3 nitrogen and oxygen atoms in total. The van der Waals surface area contributed by atoms with E-state index >= 15 is 0 Å². The van der Waals surface area contributed by atoms with Gasteiger partial charge < -0.3 is 5.32 Å². The Labute approximate surface area is 91.3 Å². The first-order valence-electron chi connectivity index (χ1n) is 5.85. The van der Waals surface area contributed by atoms with Crippen LogP contribution >= 0.6 is 0 Å². The van der Waals surface area contributed by atoms with E-state index in [1.807, 2.05) is 6.20 Å². The average molecular weight is 205 g/mol. The quantitative estimate of drug-likeness (QED) is 0.801. The summed E-state index contributed by atoms with van der Waals surface area (Å²) in [6.45, 7) is 3.24. The van der Waals surface area contributed by atoms with Crippen LogP contribution in [0.25, 0.3) is 0 Å². The number of hydrogen-bond donors (Lipinski definition) is 1. The van der Waals surface area contributed by atoms with Gasteiger partial charge in [0.2, 0.25) is 0 Å². The second-order valence-electron chi connectivity index (χ2n) is 4.39. The number of hydrogen-bond acceptors (Lipinski definition) is 3. The van der Waals surface area contributed by atoms with Crippen molar-refractivity contribution >= 4 is 0 Å². The van der Waals surface area contributed by atoms with Crippen LogP contribution in [0.3, 0.4) is 0 Å². The van der Waals surface area contributed by atoms with Crippen molar-refractivity contribution in [1.82, 2.24) is 15.3 Å². The van der Waals surface area contributed by atoms with E-state index in [0.717, 1.165) is 18.2 Å². The van der Waals surface area contributed by atoms with Crippen LogP contribution in [-0.4, -0.2) is 16.5 Å². The maximum Gasteiger partial charge on any atom is 0.0753 e. The van der Waals surface area contributed by atoms with Crippen LogP contribution in [0.5, 0.6) is 0 Å². The van der Waals surface area contributed by atoms with Gasteiger partial charge in [-0.25, -0.2) is 0 Å². The summed E-state index contributed by atoms with van der Waals surface area (Å²) >= 11 is 0. The summed E-state index contributed by atoms with van der Waals surface area (Å²) in [5.41, 5.74) is 1.03. The molecule has 82 valence electrons. The summed E-state index contributed by atoms with van der Waals surface area (Å²) in [4.78, 5) is 8.36. The molecule has 3 heteroatoms. The highest BCUT2D eigenvalue weighted by molar-refractivity contribution is 5.00. The Balaban J connectivity index is 1.70. The van der Waals surface area contributed by atoms with E-state index in [1.54, 1.807) is 12.4 Å². The van der Waals surface area contributed by atoms with E-state index < -0.39 is 0 Å². The Kier molecular flexibility index (Phi) is 3.67. The lowest BCUT2D eigenvalue weighted by molar-refractivity contribution is 0.288. The normalized spacial score (nSPS) is 18.5. The fraction of sp³-hybridized carbons (Fsp3) is 0.667. The third kappa shape index (κ3) is 2.99. The summed E-state index contributed by atoms with van der Waals surface area (Å²) in [5, 5.41) is 3.50. The molecule has 1 atom stereocenters. The van der Waals surface area contributed by atoms with Crippen LogP contribution in [0.4, 0.5) is 0 Å². The third-order valence-corrected chi connectivity index (χ3v) is 3.25. The predicted octanol–water partition coefficient (Wildman–Crippen LogP) is 2.32. The maximum atomic E-state index is 4.29. The minimum Gasteiger partial charge on any atom is -0.309 e. The molecule has 0 aromatic carbocycles. The monoisotopic (exact) mass is 205 g/mol. The van der Waals surface area contributed by atoms with Crippen LogP contribution in [0.2, 0.25) is 0 Å². The molecule has 2 rings (SSSR count). The van der Waals surface area contributed by atoms with Gasteiger partial charge in [-0.2, -0.15) is 0 Å². The molecule has 0 amide bonds. The van der Waals surface area contributed by atoms with Crippen molar-refractivity contribution in [3.05, 3.63) is 24.3 Å². The Hall–Kier alpha value is -0.960. The first-order valence-corrected chi connectivity index (χ1v) is 5.85. The van der Waals surface area contributed by atoms with Gasteiger partial charge in [-0.3, -0.25) is 9.97 Å². The zero-order chi connectivity index (χ0) is 10.5. The molecule has 1 aliphatic carbocycles. The SMILES string of the molecule is CC(NCCC1CCC1)c1cnccn1. The highest BCUT2D eigenvalue weighted by Gasteiger charge is 2.17. The molecular weight excluding hydrogens is 186 g/mol. The lowest BCUT2D eigenvalue weighted by Gasteiger charge is -2.25. The minimum absolute atomic E-state index is 0.318. The first-order chi connectivity index (χ1) is 7.36. The van der Waals surface area contributed by atoms with E-state index in [2.05, 4.69) is 22.2 Å². The molecule has 1 aromatic rings. The highest BCUT2D eigenvalue weighted by Crippen LogP contribution is 2.28. The van der Waals surface area contributed by atoms with E-state index in [1.165, 1.54) is 25.7 Å².